The molecular formula is C12H23N5O. The highest BCUT2D eigenvalue weighted by Crippen LogP contribution is 2.15. The Labute approximate surface area is 108 Å². The van der Waals surface area contributed by atoms with E-state index in [-0.39, 0.29) is 0 Å². The van der Waals surface area contributed by atoms with E-state index < -0.39 is 0 Å². The van der Waals surface area contributed by atoms with Gasteiger partial charge in [-0.15, -0.1) is 5.10 Å². The second-order valence-corrected chi connectivity index (χ2v) is 4.82. The third-order valence-corrected chi connectivity index (χ3v) is 3.17. The molecule has 0 spiro atoms. The second kappa shape index (κ2) is 6.70. The summed E-state index contributed by atoms with van der Waals surface area (Å²) in [5, 5.41) is 14.3. The predicted octanol–water partition coefficient (Wildman–Crippen LogP) is 1.08. The lowest BCUT2D eigenvalue weighted by atomic mass is 10.1. The highest BCUT2D eigenvalue weighted by atomic mass is 16.4. The molecule has 1 atom stereocenters. The molecule has 1 saturated heterocycles. The van der Waals surface area contributed by atoms with Crippen molar-refractivity contribution in [3.8, 4) is 0 Å². The fraction of sp³-hybridized carbons (Fsp3) is 0.833. The van der Waals surface area contributed by atoms with Crippen molar-refractivity contribution in [2.75, 3.05) is 32.0 Å². The number of rotatable bonds is 6. The predicted molar refractivity (Wildman–Crippen MR) is 70.4 cm³/mol. The molecule has 0 bridgehead atoms. The van der Waals surface area contributed by atoms with Gasteiger partial charge in [-0.05, 0) is 39.4 Å². The van der Waals surface area contributed by atoms with Gasteiger partial charge in [-0.25, -0.2) is 0 Å². The van der Waals surface area contributed by atoms with Crippen LogP contribution < -0.4 is 10.6 Å². The average molecular weight is 253 g/mol. The number of aromatic nitrogens is 2. The van der Waals surface area contributed by atoms with Crippen LogP contribution >= 0.6 is 0 Å². The molecule has 0 radical (unpaired) electrons. The van der Waals surface area contributed by atoms with Crippen molar-refractivity contribution < 1.29 is 4.42 Å². The summed E-state index contributed by atoms with van der Waals surface area (Å²) in [6, 6.07) is 0.969. The van der Waals surface area contributed by atoms with Gasteiger partial charge >= 0.3 is 6.01 Å². The zero-order chi connectivity index (χ0) is 12.8. The Morgan fingerprint density at radius 1 is 1.44 bits per heavy atom. The first kappa shape index (κ1) is 13.3. The summed E-state index contributed by atoms with van der Waals surface area (Å²) in [5.74, 6) is 0.626. The maximum absolute atomic E-state index is 5.51. The quantitative estimate of drug-likeness (QED) is 0.790. The molecule has 0 amide bonds. The molecule has 0 saturated carbocycles. The van der Waals surface area contributed by atoms with Crippen molar-refractivity contribution in [1.29, 1.82) is 0 Å². The third kappa shape index (κ3) is 3.68. The van der Waals surface area contributed by atoms with Crippen LogP contribution in [0.15, 0.2) is 4.42 Å². The lowest BCUT2D eigenvalue weighted by Crippen LogP contribution is -2.42. The number of likely N-dealkylation sites (tertiary alicyclic amines) is 1. The fourth-order valence-electron chi connectivity index (χ4n) is 2.40. The van der Waals surface area contributed by atoms with E-state index in [0.717, 1.165) is 6.54 Å². The Bertz CT molecular complexity index is 352. The van der Waals surface area contributed by atoms with Gasteiger partial charge in [-0.1, -0.05) is 12.0 Å². The van der Waals surface area contributed by atoms with E-state index in [9.17, 15) is 0 Å². The number of hydrogen-bond acceptors (Lipinski definition) is 6. The van der Waals surface area contributed by atoms with Gasteiger partial charge < -0.3 is 20.0 Å². The van der Waals surface area contributed by atoms with Crippen LogP contribution in [0, 0.1) is 0 Å². The molecule has 1 unspecified atom stereocenters. The van der Waals surface area contributed by atoms with Gasteiger partial charge in [0.1, 0.15) is 0 Å². The maximum Gasteiger partial charge on any atom is 0.315 e. The molecular weight excluding hydrogens is 230 g/mol. The summed E-state index contributed by atoms with van der Waals surface area (Å²) < 4.78 is 5.51. The molecule has 0 aliphatic carbocycles. The minimum atomic E-state index is 0.424. The van der Waals surface area contributed by atoms with Crippen molar-refractivity contribution in [2.24, 2.45) is 0 Å². The first-order valence-corrected chi connectivity index (χ1v) is 6.77. The van der Waals surface area contributed by atoms with Crippen LogP contribution in [0.5, 0.6) is 0 Å². The van der Waals surface area contributed by atoms with Gasteiger partial charge in [0.15, 0.2) is 0 Å². The SMILES string of the molecule is CCCN1CCCC(Nc2nnc(CNC)o2)C1. The van der Waals surface area contributed by atoms with E-state index in [1.165, 1.54) is 32.4 Å². The van der Waals surface area contributed by atoms with Crippen molar-refractivity contribution in [1.82, 2.24) is 20.4 Å². The molecule has 1 aliphatic rings. The van der Waals surface area contributed by atoms with Crippen LogP contribution in [0.4, 0.5) is 6.01 Å². The van der Waals surface area contributed by atoms with E-state index in [1.54, 1.807) is 0 Å². The summed E-state index contributed by atoms with van der Waals surface area (Å²) in [7, 11) is 1.86. The summed E-state index contributed by atoms with van der Waals surface area (Å²) in [6.07, 6.45) is 3.61. The monoisotopic (exact) mass is 253 g/mol. The van der Waals surface area contributed by atoms with Crippen LogP contribution in [0.3, 0.4) is 0 Å². The zero-order valence-electron chi connectivity index (χ0n) is 11.3. The Balaban J connectivity index is 1.84. The normalized spacial score (nSPS) is 21.1. The fourth-order valence-corrected chi connectivity index (χ4v) is 2.40. The minimum absolute atomic E-state index is 0.424. The van der Waals surface area contributed by atoms with Crippen LogP contribution in [0.2, 0.25) is 0 Å². The largest absolute Gasteiger partial charge is 0.407 e. The van der Waals surface area contributed by atoms with Gasteiger partial charge in [-0.2, -0.15) is 0 Å². The summed E-state index contributed by atoms with van der Waals surface area (Å²) >= 11 is 0. The number of anilines is 1. The van der Waals surface area contributed by atoms with Gasteiger partial charge in [0.05, 0.1) is 6.54 Å². The van der Waals surface area contributed by atoms with Gasteiger partial charge in [0.25, 0.3) is 0 Å². The molecule has 1 aromatic rings. The lowest BCUT2D eigenvalue weighted by Gasteiger charge is -2.32. The Morgan fingerprint density at radius 2 is 2.33 bits per heavy atom. The molecule has 6 nitrogen and oxygen atoms in total. The lowest BCUT2D eigenvalue weighted by molar-refractivity contribution is 0.215. The maximum atomic E-state index is 5.51. The Hall–Kier alpha value is -1.14. The standard InChI is InChI=1S/C12H23N5O/c1-3-6-17-7-4-5-10(9-17)14-12-16-15-11(18-12)8-13-2/h10,13H,3-9H2,1-2H3,(H,14,16). The van der Waals surface area contributed by atoms with Crippen molar-refractivity contribution in [3.63, 3.8) is 0 Å². The van der Waals surface area contributed by atoms with Crippen LogP contribution in [-0.2, 0) is 6.54 Å². The molecule has 2 heterocycles. The van der Waals surface area contributed by atoms with Crippen molar-refractivity contribution in [3.05, 3.63) is 5.89 Å². The summed E-state index contributed by atoms with van der Waals surface area (Å²) in [5.41, 5.74) is 0. The van der Waals surface area contributed by atoms with E-state index in [2.05, 4.69) is 32.7 Å². The van der Waals surface area contributed by atoms with Gasteiger partial charge in [-0.3, -0.25) is 0 Å². The van der Waals surface area contributed by atoms with Crippen LogP contribution in [-0.4, -0.2) is 47.8 Å². The molecule has 6 heteroatoms. The van der Waals surface area contributed by atoms with E-state index >= 15 is 0 Å². The van der Waals surface area contributed by atoms with E-state index in [4.69, 9.17) is 4.42 Å². The molecule has 1 aromatic heterocycles. The first-order chi connectivity index (χ1) is 8.81. The zero-order valence-corrected chi connectivity index (χ0v) is 11.3. The van der Waals surface area contributed by atoms with E-state index in [1.807, 2.05) is 7.05 Å². The minimum Gasteiger partial charge on any atom is -0.407 e. The Morgan fingerprint density at radius 3 is 3.11 bits per heavy atom. The molecule has 0 aromatic carbocycles. The number of piperidine rings is 1. The Kier molecular flexibility index (Phi) is 4.95. The molecule has 1 aliphatic heterocycles. The number of nitrogens with zero attached hydrogens (tertiary/aromatic N) is 3. The topological polar surface area (TPSA) is 66.2 Å². The second-order valence-electron chi connectivity index (χ2n) is 4.82. The molecule has 1 fully saturated rings. The molecule has 2 rings (SSSR count). The van der Waals surface area contributed by atoms with Gasteiger partial charge in [0, 0.05) is 12.6 Å². The highest BCUT2D eigenvalue weighted by Gasteiger charge is 2.20. The van der Waals surface area contributed by atoms with Crippen LogP contribution in [0.25, 0.3) is 0 Å². The number of hydrogen-bond donors (Lipinski definition) is 2. The van der Waals surface area contributed by atoms with Crippen molar-refractivity contribution >= 4 is 6.01 Å². The smallest absolute Gasteiger partial charge is 0.315 e. The average Bonchev–Trinajstić information content (AvgIpc) is 2.78. The summed E-state index contributed by atoms with van der Waals surface area (Å²) in [6.45, 7) is 6.28. The van der Waals surface area contributed by atoms with Crippen LogP contribution in [0.1, 0.15) is 32.1 Å². The third-order valence-electron chi connectivity index (χ3n) is 3.17. The van der Waals surface area contributed by atoms with Crippen molar-refractivity contribution in [2.45, 2.75) is 38.8 Å². The number of nitrogens with one attached hydrogen (secondary N) is 2. The summed E-state index contributed by atoms with van der Waals surface area (Å²) in [4.78, 5) is 2.49. The molecule has 18 heavy (non-hydrogen) atoms. The molecule has 102 valence electrons. The van der Waals surface area contributed by atoms with Gasteiger partial charge in [0.2, 0.25) is 5.89 Å². The first-order valence-electron chi connectivity index (χ1n) is 6.77. The highest BCUT2D eigenvalue weighted by molar-refractivity contribution is 5.20. The molecule has 2 N–H and O–H groups in total. The van der Waals surface area contributed by atoms with E-state index in [0.29, 0.717) is 24.5 Å².